The molecule has 0 aliphatic carbocycles. The van der Waals surface area contributed by atoms with E-state index in [4.69, 9.17) is 0 Å². The average molecular weight is 427 g/mol. The maximum atomic E-state index is 12.9. The number of hydrogen-bond donors (Lipinski definition) is 1. The van der Waals surface area contributed by atoms with E-state index in [-0.39, 0.29) is 11.5 Å². The van der Waals surface area contributed by atoms with Crippen molar-refractivity contribution in [3.05, 3.63) is 51.4 Å². The first-order chi connectivity index (χ1) is 14.5. The molecule has 0 fully saturated rings. The van der Waals surface area contributed by atoms with Gasteiger partial charge < -0.3 is 10.2 Å². The number of hydrogen-bond acceptors (Lipinski definition) is 5. The fourth-order valence-corrected chi connectivity index (χ4v) is 4.63. The summed E-state index contributed by atoms with van der Waals surface area (Å²) in [5, 5.41) is 3.51. The molecule has 0 saturated carbocycles. The number of aromatic nitrogens is 2. The second-order valence-corrected chi connectivity index (χ2v) is 8.36. The van der Waals surface area contributed by atoms with Crippen LogP contribution in [0.1, 0.15) is 55.3 Å². The molecular formula is C23H30N4O2S. The highest BCUT2D eigenvalue weighted by Crippen LogP contribution is 2.28. The first-order valence-corrected chi connectivity index (χ1v) is 11.5. The van der Waals surface area contributed by atoms with Crippen molar-refractivity contribution in [3.8, 4) is 0 Å². The maximum Gasteiger partial charge on any atom is 0.266 e. The Labute approximate surface area is 181 Å². The molecule has 0 bridgehead atoms. The van der Waals surface area contributed by atoms with Gasteiger partial charge in [-0.1, -0.05) is 19.8 Å². The summed E-state index contributed by atoms with van der Waals surface area (Å²) in [5.74, 6) is -0.206. The van der Waals surface area contributed by atoms with E-state index in [2.05, 4.69) is 36.0 Å². The predicted octanol–water partition coefficient (Wildman–Crippen LogP) is 5.06. The summed E-state index contributed by atoms with van der Waals surface area (Å²) < 4.78 is 1.66. The van der Waals surface area contributed by atoms with Gasteiger partial charge in [0.2, 0.25) is 0 Å². The zero-order valence-corrected chi connectivity index (χ0v) is 19.0. The lowest BCUT2D eigenvalue weighted by Crippen LogP contribution is -2.21. The average Bonchev–Trinajstić information content (AvgIpc) is 3.09. The van der Waals surface area contributed by atoms with Crippen molar-refractivity contribution in [2.24, 2.45) is 0 Å². The van der Waals surface area contributed by atoms with Crippen LogP contribution in [0.2, 0.25) is 0 Å². The number of aryl methyl sites for hydroxylation is 2. The van der Waals surface area contributed by atoms with Crippen LogP contribution in [0.4, 0.5) is 11.4 Å². The van der Waals surface area contributed by atoms with Crippen LogP contribution in [-0.2, 0) is 6.54 Å². The normalized spacial score (nSPS) is 11.1. The van der Waals surface area contributed by atoms with E-state index in [0.717, 1.165) is 43.7 Å². The molecule has 0 aliphatic heterocycles. The molecule has 30 heavy (non-hydrogen) atoms. The quantitative estimate of drug-likeness (QED) is 0.486. The zero-order valence-electron chi connectivity index (χ0n) is 18.2. The Bertz CT molecular complexity index is 1070. The number of nitrogens with zero attached hydrogens (tertiary/aromatic N) is 3. The third-order valence-corrected chi connectivity index (χ3v) is 6.58. The Morgan fingerprint density at radius 1 is 1.13 bits per heavy atom. The van der Waals surface area contributed by atoms with Crippen LogP contribution in [-0.4, -0.2) is 28.5 Å². The zero-order chi connectivity index (χ0) is 21.7. The molecule has 160 valence electrons. The Kier molecular flexibility index (Phi) is 7.26. The van der Waals surface area contributed by atoms with E-state index in [1.54, 1.807) is 10.9 Å². The minimum atomic E-state index is -0.206. The van der Waals surface area contributed by atoms with Crippen LogP contribution in [0.5, 0.6) is 0 Å². The van der Waals surface area contributed by atoms with Gasteiger partial charge in [-0.25, -0.2) is 4.98 Å². The molecule has 1 aromatic carbocycles. The molecule has 1 N–H and O–H groups in total. The molecule has 0 aliphatic rings. The van der Waals surface area contributed by atoms with E-state index >= 15 is 0 Å². The summed E-state index contributed by atoms with van der Waals surface area (Å²) in [5.41, 5.74) is 2.50. The second kappa shape index (κ2) is 9.89. The van der Waals surface area contributed by atoms with Gasteiger partial charge in [0.15, 0.2) is 0 Å². The highest BCUT2D eigenvalue weighted by atomic mass is 32.1. The molecule has 3 aromatic rings. The van der Waals surface area contributed by atoms with Crippen LogP contribution in [0.25, 0.3) is 10.2 Å². The van der Waals surface area contributed by atoms with Gasteiger partial charge in [0.25, 0.3) is 11.5 Å². The number of benzene rings is 1. The molecular weight excluding hydrogens is 396 g/mol. The lowest BCUT2D eigenvalue weighted by Gasteiger charge is -2.21. The number of carbonyl (C=O) groups is 1. The third kappa shape index (κ3) is 4.56. The number of nitrogens with one attached hydrogen (secondary N) is 1. The van der Waals surface area contributed by atoms with Gasteiger partial charge in [0.05, 0.1) is 16.6 Å². The number of fused-ring (bicyclic) bond motifs is 1. The number of anilines is 2. The van der Waals surface area contributed by atoms with Crippen molar-refractivity contribution >= 4 is 38.8 Å². The Hall–Kier alpha value is -2.67. The summed E-state index contributed by atoms with van der Waals surface area (Å²) >= 11 is 1.27. The highest BCUT2D eigenvalue weighted by molar-refractivity contribution is 7.20. The second-order valence-electron chi connectivity index (χ2n) is 7.36. The third-order valence-electron chi connectivity index (χ3n) is 5.38. The molecule has 0 saturated heterocycles. The minimum absolute atomic E-state index is 0.0625. The summed E-state index contributed by atoms with van der Waals surface area (Å²) in [6, 6.07) is 7.84. The highest BCUT2D eigenvalue weighted by Gasteiger charge is 2.19. The first-order valence-electron chi connectivity index (χ1n) is 10.6. The standard InChI is InChI=1S/C23H30N4O2S/c1-5-8-9-14-27-15-24-22-19(23(27)29)16(4)20(30-22)21(28)25-17-10-12-18(13-11-17)26(6-2)7-3/h10-13,15H,5-9,14H2,1-4H3,(H,25,28). The van der Waals surface area contributed by atoms with Gasteiger partial charge in [-0.2, -0.15) is 0 Å². The van der Waals surface area contributed by atoms with Crippen LogP contribution in [0, 0.1) is 6.92 Å². The van der Waals surface area contributed by atoms with E-state index in [0.29, 0.717) is 27.2 Å². The van der Waals surface area contributed by atoms with Gasteiger partial charge in [-0.05, 0) is 57.0 Å². The van der Waals surface area contributed by atoms with E-state index < -0.39 is 0 Å². The fourth-order valence-electron chi connectivity index (χ4n) is 3.60. The molecule has 0 atom stereocenters. The molecule has 2 heterocycles. The minimum Gasteiger partial charge on any atom is -0.372 e. The maximum absolute atomic E-state index is 12.9. The molecule has 2 aromatic heterocycles. The number of amides is 1. The molecule has 7 heteroatoms. The van der Waals surface area contributed by atoms with Gasteiger partial charge >= 0.3 is 0 Å². The summed E-state index contributed by atoms with van der Waals surface area (Å²) in [4.78, 5) is 33.6. The molecule has 0 unspecified atom stereocenters. The van der Waals surface area contributed by atoms with Crippen molar-refractivity contribution in [1.82, 2.24) is 9.55 Å². The smallest absolute Gasteiger partial charge is 0.266 e. The molecule has 6 nitrogen and oxygen atoms in total. The summed E-state index contributed by atoms with van der Waals surface area (Å²) in [6.07, 6.45) is 4.73. The molecule has 1 amide bonds. The van der Waals surface area contributed by atoms with Crippen LogP contribution >= 0.6 is 11.3 Å². The first kappa shape index (κ1) is 22.0. The monoisotopic (exact) mass is 426 g/mol. The van der Waals surface area contributed by atoms with Gasteiger partial charge in [0.1, 0.15) is 4.83 Å². The lowest BCUT2D eigenvalue weighted by molar-refractivity contribution is 0.103. The molecule has 3 rings (SSSR count). The lowest BCUT2D eigenvalue weighted by atomic mass is 10.2. The number of carbonyl (C=O) groups excluding carboxylic acids is 1. The molecule has 0 spiro atoms. The van der Waals surface area contributed by atoms with Gasteiger partial charge in [0, 0.05) is 31.0 Å². The Morgan fingerprint density at radius 3 is 2.47 bits per heavy atom. The van der Waals surface area contributed by atoms with Crippen LogP contribution in [0.15, 0.2) is 35.4 Å². The van der Waals surface area contributed by atoms with Crippen molar-refractivity contribution in [2.45, 2.75) is 53.5 Å². The van der Waals surface area contributed by atoms with Crippen molar-refractivity contribution in [2.75, 3.05) is 23.3 Å². The summed E-state index contributed by atoms with van der Waals surface area (Å²) in [7, 11) is 0. The van der Waals surface area contributed by atoms with E-state index in [1.165, 1.54) is 11.3 Å². The van der Waals surface area contributed by atoms with Crippen LogP contribution in [0.3, 0.4) is 0 Å². The Balaban J connectivity index is 1.82. The molecule has 0 radical (unpaired) electrons. The topological polar surface area (TPSA) is 67.2 Å². The SMILES string of the molecule is CCCCCn1cnc2sc(C(=O)Nc3ccc(N(CC)CC)cc3)c(C)c2c1=O. The number of thiophene rings is 1. The number of rotatable bonds is 9. The largest absolute Gasteiger partial charge is 0.372 e. The Morgan fingerprint density at radius 2 is 1.83 bits per heavy atom. The summed E-state index contributed by atoms with van der Waals surface area (Å²) in [6.45, 7) is 10.7. The van der Waals surface area contributed by atoms with Gasteiger partial charge in [-0.3, -0.25) is 14.2 Å². The van der Waals surface area contributed by atoms with Crippen molar-refractivity contribution < 1.29 is 4.79 Å². The van der Waals surface area contributed by atoms with Crippen molar-refractivity contribution in [3.63, 3.8) is 0 Å². The van der Waals surface area contributed by atoms with Crippen molar-refractivity contribution in [1.29, 1.82) is 0 Å². The number of unbranched alkanes of at least 4 members (excludes halogenated alkanes) is 2. The predicted molar refractivity (Wildman–Crippen MR) is 126 cm³/mol. The van der Waals surface area contributed by atoms with Gasteiger partial charge in [-0.15, -0.1) is 11.3 Å². The van der Waals surface area contributed by atoms with Crippen LogP contribution < -0.4 is 15.8 Å². The fraction of sp³-hybridized carbons (Fsp3) is 0.435. The van der Waals surface area contributed by atoms with E-state index in [9.17, 15) is 9.59 Å². The van der Waals surface area contributed by atoms with E-state index in [1.807, 2.05) is 31.2 Å².